The monoisotopic (exact) mass is 421 g/mol. The maximum Gasteiger partial charge on any atom is 0.407 e. The van der Waals surface area contributed by atoms with Gasteiger partial charge in [0.25, 0.3) is 0 Å². The summed E-state index contributed by atoms with van der Waals surface area (Å²) in [4.78, 5) is 21.0. The molecule has 1 amide bonds. The standard InChI is InChI=1S/C23H39N3O2S/c1-5-6-21-25-19-12-15-26(16-13-20(19)29-21)14-11-17-7-9-18(10-8-17)24-22(27)28-23(2,3)4/h17-18H,5-16H2,1-4H3,(H,24,27). The Morgan fingerprint density at radius 2 is 1.93 bits per heavy atom. The summed E-state index contributed by atoms with van der Waals surface area (Å²) in [6.45, 7) is 11.5. The summed E-state index contributed by atoms with van der Waals surface area (Å²) < 4.78 is 5.39. The van der Waals surface area contributed by atoms with E-state index in [1.54, 1.807) is 0 Å². The zero-order valence-corrected chi connectivity index (χ0v) is 19.6. The van der Waals surface area contributed by atoms with Gasteiger partial charge in [-0.3, -0.25) is 0 Å². The van der Waals surface area contributed by atoms with E-state index in [9.17, 15) is 4.79 Å². The lowest BCUT2D eigenvalue weighted by atomic mass is 9.84. The van der Waals surface area contributed by atoms with Crippen LogP contribution in [0.3, 0.4) is 0 Å². The first-order chi connectivity index (χ1) is 13.8. The van der Waals surface area contributed by atoms with Crippen LogP contribution in [-0.4, -0.2) is 47.3 Å². The largest absolute Gasteiger partial charge is 0.444 e. The van der Waals surface area contributed by atoms with E-state index in [4.69, 9.17) is 9.72 Å². The summed E-state index contributed by atoms with van der Waals surface area (Å²) in [6.07, 6.45) is 10.2. The molecule has 0 bridgehead atoms. The summed E-state index contributed by atoms with van der Waals surface area (Å²) in [6, 6.07) is 0.277. The normalized spacial score (nSPS) is 23.3. The molecule has 6 heteroatoms. The van der Waals surface area contributed by atoms with Crippen molar-refractivity contribution >= 4 is 17.4 Å². The van der Waals surface area contributed by atoms with Crippen LogP contribution in [0.5, 0.6) is 0 Å². The topological polar surface area (TPSA) is 54.5 Å². The van der Waals surface area contributed by atoms with Crippen LogP contribution in [0.4, 0.5) is 4.79 Å². The number of rotatable bonds is 6. The van der Waals surface area contributed by atoms with Crippen LogP contribution in [0.25, 0.3) is 0 Å². The number of nitrogens with one attached hydrogen (secondary N) is 1. The minimum absolute atomic E-state index is 0.270. The summed E-state index contributed by atoms with van der Waals surface area (Å²) in [5, 5.41) is 4.39. The van der Waals surface area contributed by atoms with Gasteiger partial charge in [0, 0.05) is 30.4 Å². The zero-order valence-electron chi connectivity index (χ0n) is 18.8. The van der Waals surface area contributed by atoms with Crippen molar-refractivity contribution in [3.05, 3.63) is 15.6 Å². The van der Waals surface area contributed by atoms with Gasteiger partial charge in [-0.1, -0.05) is 6.92 Å². The molecule has 5 nitrogen and oxygen atoms in total. The van der Waals surface area contributed by atoms with Crippen LogP contribution < -0.4 is 5.32 Å². The number of nitrogens with zero attached hydrogens (tertiary/aromatic N) is 2. The maximum absolute atomic E-state index is 12.0. The second-order valence-corrected chi connectivity index (χ2v) is 10.9. The molecule has 0 unspecified atom stereocenters. The highest BCUT2D eigenvalue weighted by Crippen LogP contribution is 2.28. The van der Waals surface area contributed by atoms with Gasteiger partial charge in [0.2, 0.25) is 0 Å². The molecule has 1 N–H and O–H groups in total. The Morgan fingerprint density at radius 3 is 2.62 bits per heavy atom. The predicted octanol–water partition coefficient (Wildman–Crippen LogP) is 4.97. The number of fused-ring (bicyclic) bond motifs is 1. The van der Waals surface area contributed by atoms with Gasteiger partial charge in [0.05, 0.1) is 10.7 Å². The molecule has 0 radical (unpaired) electrons. The molecule has 2 heterocycles. The molecule has 0 aromatic carbocycles. The fraction of sp³-hybridized carbons (Fsp3) is 0.826. The van der Waals surface area contributed by atoms with Gasteiger partial charge >= 0.3 is 6.09 Å². The van der Waals surface area contributed by atoms with E-state index in [1.807, 2.05) is 32.1 Å². The van der Waals surface area contributed by atoms with Gasteiger partial charge < -0.3 is 15.0 Å². The maximum atomic E-state index is 12.0. The molecule has 1 aliphatic heterocycles. The van der Waals surface area contributed by atoms with Crippen LogP contribution in [0.15, 0.2) is 0 Å². The quantitative estimate of drug-likeness (QED) is 0.704. The van der Waals surface area contributed by atoms with Crippen LogP contribution >= 0.6 is 11.3 Å². The number of carbonyl (C=O) groups is 1. The predicted molar refractivity (Wildman–Crippen MR) is 120 cm³/mol. The fourth-order valence-corrected chi connectivity index (χ4v) is 5.65. The fourth-order valence-electron chi connectivity index (χ4n) is 4.44. The lowest BCUT2D eigenvalue weighted by Gasteiger charge is -2.31. The number of amides is 1. The summed E-state index contributed by atoms with van der Waals surface area (Å²) >= 11 is 1.95. The van der Waals surface area contributed by atoms with Crippen molar-refractivity contribution in [2.24, 2.45) is 5.92 Å². The van der Waals surface area contributed by atoms with Crippen molar-refractivity contribution in [3.8, 4) is 0 Å². The molecule has 164 valence electrons. The summed E-state index contributed by atoms with van der Waals surface area (Å²) in [5.74, 6) is 0.790. The van der Waals surface area contributed by atoms with Crippen molar-refractivity contribution in [1.82, 2.24) is 15.2 Å². The van der Waals surface area contributed by atoms with E-state index in [0.717, 1.165) is 38.1 Å². The molecule has 0 saturated heterocycles. The third-order valence-electron chi connectivity index (χ3n) is 6.03. The van der Waals surface area contributed by atoms with Crippen molar-refractivity contribution in [1.29, 1.82) is 0 Å². The first-order valence-electron chi connectivity index (χ1n) is 11.5. The van der Waals surface area contributed by atoms with Crippen LogP contribution in [0.2, 0.25) is 0 Å². The minimum atomic E-state index is -0.426. The lowest BCUT2D eigenvalue weighted by molar-refractivity contribution is 0.0486. The van der Waals surface area contributed by atoms with Gasteiger partial charge in [0.1, 0.15) is 5.60 Å². The minimum Gasteiger partial charge on any atom is -0.444 e. The Bertz CT molecular complexity index is 634. The molecule has 0 spiro atoms. The van der Waals surface area contributed by atoms with Crippen molar-refractivity contribution in [2.75, 3.05) is 19.6 Å². The van der Waals surface area contributed by atoms with Crippen molar-refractivity contribution < 1.29 is 9.53 Å². The second kappa shape index (κ2) is 10.3. The number of aromatic nitrogens is 1. The molecule has 1 aromatic rings. The van der Waals surface area contributed by atoms with Crippen LogP contribution in [0.1, 0.15) is 81.8 Å². The van der Waals surface area contributed by atoms with Crippen molar-refractivity contribution in [2.45, 2.75) is 97.1 Å². The average Bonchev–Trinajstić information content (AvgIpc) is 2.93. The van der Waals surface area contributed by atoms with E-state index < -0.39 is 5.60 Å². The highest BCUT2D eigenvalue weighted by Gasteiger charge is 2.25. The number of aryl methyl sites for hydroxylation is 1. The molecule has 29 heavy (non-hydrogen) atoms. The van der Waals surface area contributed by atoms with E-state index in [1.165, 1.54) is 60.8 Å². The Hall–Kier alpha value is -1.14. The Labute approximate surface area is 180 Å². The van der Waals surface area contributed by atoms with E-state index in [0.29, 0.717) is 0 Å². The first kappa shape index (κ1) is 22.5. The SMILES string of the molecule is CCCc1nc2c(s1)CCN(CCC1CCC(NC(=O)OC(C)(C)C)CC1)CC2. The lowest BCUT2D eigenvalue weighted by Crippen LogP contribution is -2.41. The van der Waals surface area contributed by atoms with Gasteiger partial charge in [-0.05, 0) is 84.6 Å². The number of ether oxygens (including phenoxy) is 1. The molecule has 0 atom stereocenters. The van der Waals surface area contributed by atoms with Crippen LogP contribution in [-0.2, 0) is 24.0 Å². The zero-order chi connectivity index (χ0) is 20.9. The third-order valence-corrected chi connectivity index (χ3v) is 7.24. The summed E-state index contributed by atoms with van der Waals surface area (Å²) in [7, 11) is 0. The smallest absolute Gasteiger partial charge is 0.407 e. The Morgan fingerprint density at radius 1 is 1.21 bits per heavy atom. The molecule has 3 rings (SSSR count). The second-order valence-electron chi connectivity index (χ2n) is 9.72. The third kappa shape index (κ3) is 7.25. The number of carbonyl (C=O) groups excluding carboxylic acids is 1. The molecular formula is C23H39N3O2S. The number of hydrogen-bond acceptors (Lipinski definition) is 5. The number of alkyl carbamates (subject to hydrolysis) is 1. The Kier molecular flexibility index (Phi) is 7.97. The molecule has 1 aromatic heterocycles. The highest BCUT2D eigenvalue weighted by molar-refractivity contribution is 7.11. The van der Waals surface area contributed by atoms with E-state index in [2.05, 4.69) is 17.1 Å². The van der Waals surface area contributed by atoms with Crippen molar-refractivity contribution in [3.63, 3.8) is 0 Å². The molecule has 1 saturated carbocycles. The van der Waals surface area contributed by atoms with Gasteiger partial charge in [-0.2, -0.15) is 0 Å². The molecular weight excluding hydrogens is 382 g/mol. The van der Waals surface area contributed by atoms with E-state index >= 15 is 0 Å². The molecule has 1 aliphatic carbocycles. The molecule has 2 aliphatic rings. The number of hydrogen-bond donors (Lipinski definition) is 1. The average molecular weight is 422 g/mol. The van der Waals surface area contributed by atoms with Gasteiger partial charge in [0.15, 0.2) is 0 Å². The van der Waals surface area contributed by atoms with E-state index in [-0.39, 0.29) is 12.1 Å². The highest BCUT2D eigenvalue weighted by atomic mass is 32.1. The number of thiazole rings is 1. The first-order valence-corrected chi connectivity index (χ1v) is 12.3. The van der Waals surface area contributed by atoms with Crippen LogP contribution in [0, 0.1) is 5.92 Å². The Balaban J connectivity index is 1.34. The van der Waals surface area contributed by atoms with Gasteiger partial charge in [-0.15, -0.1) is 11.3 Å². The summed E-state index contributed by atoms with van der Waals surface area (Å²) in [5.41, 5.74) is 0.944. The van der Waals surface area contributed by atoms with Gasteiger partial charge in [-0.25, -0.2) is 9.78 Å². The molecule has 1 fully saturated rings.